The second kappa shape index (κ2) is 4.68. The molecule has 0 aromatic carbocycles. The van der Waals surface area contributed by atoms with Gasteiger partial charge in [0, 0.05) is 6.54 Å². The van der Waals surface area contributed by atoms with E-state index in [1.807, 2.05) is 0 Å². The van der Waals surface area contributed by atoms with Gasteiger partial charge in [0.05, 0.1) is 18.1 Å². The van der Waals surface area contributed by atoms with Crippen LogP contribution in [0.5, 0.6) is 0 Å². The fourth-order valence-corrected chi connectivity index (χ4v) is 2.06. The first-order valence-corrected chi connectivity index (χ1v) is 6.12. The number of hydrogen-bond acceptors (Lipinski definition) is 3. The Morgan fingerprint density at radius 2 is 1.94 bits per heavy atom. The normalized spacial score (nSPS) is 20.9. The number of piperidine rings is 1. The van der Waals surface area contributed by atoms with E-state index in [-0.39, 0.29) is 0 Å². The van der Waals surface area contributed by atoms with E-state index in [1.165, 1.54) is 12.8 Å². The number of nitrogens with zero attached hydrogens (tertiary/aromatic N) is 3. The molecule has 0 atom stereocenters. The smallest absolute Gasteiger partial charge is 0.147 e. The Kier molecular flexibility index (Phi) is 3.45. The van der Waals surface area contributed by atoms with Gasteiger partial charge in [-0.15, -0.1) is 0 Å². The third kappa shape index (κ3) is 3.16. The molecule has 3 nitrogen and oxygen atoms in total. The summed E-state index contributed by atoms with van der Waals surface area (Å²) < 4.78 is 0. The number of hydrogen-bond donors (Lipinski definition) is 0. The maximum Gasteiger partial charge on any atom is 0.147 e. The number of halogens is 1. The zero-order chi connectivity index (χ0) is 11.6. The van der Waals surface area contributed by atoms with E-state index in [4.69, 9.17) is 11.6 Å². The van der Waals surface area contributed by atoms with Gasteiger partial charge in [0.2, 0.25) is 0 Å². The van der Waals surface area contributed by atoms with Gasteiger partial charge < -0.3 is 0 Å². The Morgan fingerprint density at radius 3 is 2.50 bits per heavy atom. The van der Waals surface area contributed by atoms with Crippen molar-refractivity contribution in [3.63, 3.8) is 0 Å². The molecule has 4 heteroatoms. The molecule has 0 spiro atoms. The fourth-order valence-electron chi connectivity index (χ4n) is 1.97. The monoisotopic (exact) mass is 239 g/mol. The molecule has 1 fully saturated rings. The minimum Gasteiger partial charge on any atom is -0.297 e. The Labute approximate surface area is 102 Å². The minimum atomic E-state index is 0.462. The zero-order valence-electron chi connectivity index (χ0n) is 9.91. The first-order chi connectivity index (χ1) is 7.55. The molecule has 0 amide bonds. The highest BCUT2D eigenvalue weighted by Gasteiger charge is 2.25. The van der Waals surface area contributed by atoms with Crippen molar-refractivity contribution < 1.29 is 0 Å². The quantitative estimate of drug-likeness (QED) is 0.795. The van der Waals surface area contributed by atoms with Crippen LogP contribution in [-0.2, 0) is 6.54 Å². The second-order valence-corrected chi connectivity index (χ2v) is 5.66. The van der Waals surface area contributed by atoms with Crippen LogP contribution in [-0.4, -0.2) is 28.0 Å². The molecule has 1 aromatic heterocycles. The summed E-state index contributed by atoms with van der Waals surface area (Å²) in [5.41, 5.74) is 1.51. The first-order valence-electron chi connectivity index (χ1n) is 5.74. The van der Waals surface area contributed by atoms with Crippen LogP contribution in [0, 0.1) is 5.41 Å². The maximum atomic E-state index is 5.70. The molecule has 1 aliphatic heterocycles. The lowest BCUT2D eigenvalue weighted by Gasteiger charge is -2.36. The molecule has 1 saturated heterocycles. The topological polar surface area (TPSA) is 29.0 Å². The van der Waals surface area contributed by atoms with Crippen LogP contribution in [0.15, 0.2) is 12.4 Å². The lowest BCUT2D eigenvalue weighted by Crippen LogP contribution is -2.36. The van der Waals surface area contributed by atoms with Crippen molar-refractivity contribution in [2.45, 2.75) is 33.2 Å². The summed E-state index contributed by atoms with van der Waals surface area (Å²) >= 11 is 5.70. The van der Waals surface area contributed by atoms with Crippen LogP contribution >= 0.6 is 11.6 Å². The van der Waals surface area contributed by atoms with Gasteiger partial charge in [0.1, 0.15) is 5.15 Å². The summed E-state index contributed by atoms with van der Waals surface area (Å²) in [6.07, 6.45) is 5.90. The van der Waals surface area contributed by atoms with Gasteiger partial charge in [-0.05, 0) is 31.3 Å². The molecule has 2 heterocycles. The van der Waals surface area contributed by atoms with Crippen molar-refractivity contribution in [2.24, 2.45) is 5.41 Å². The molecule has 1 aromatic rings. The molecule has 0 bridgehead atoms. The van der Waals surface area contributed by atoms with E-state index in [2.05, 4.69) is 28.7 Å². The highest BCUT2D eigenvalue weighted by molar-refractivity contribution is 6.29. The number of likely N-dealkylation sites (tertiary alicyclic amines) is 1. The predicted octanol–water partition coefficient (Wildman–Crippen LogP) is 2.75. The standard InChI is InChI=1S/C12H18ClN3/c1-12(2)3-5-16(6-4-12)9-10-7-15-11(13)8-14-10/h7-8H,3-6,9H2,1-2H3. The van der Waals surface area contributed by atoms with Gasteiger partial charge in [0.15, 0.2) is 0 Å². The van der Waals surface area contributed by atoms with Crippen LogP contribution < -0.4 is 0 Å². The average Bonchev–Trinajstić information content (AvgIpc) is 2.24. The lowest BCUT2D eigenvalue weighted by atomic mass is 9.83. The maximum absolute atomic E-state index is 5.70. The zero-order valence-corrected chi connectivity index (χ0v) is 10.7. The van der Waals surface area contributed by atoms with Gasteiger partial charge in [-0.1, -0.05) is 25.4 Å². The highest BCUT2D eigenvalue weighted by atomic mass is 35.5. The van der Waals surface area contributed by atoms with Crippen molar-refractivity contribution in [3.8, 4) is 0 Å². The van der Waals surface area contributed by atoms with Crippen molar-refractivity contribution in [2.75, 3.05) is 13.1 Å². The van der Waals surface area contributed by atoms with Crippen molar-refractivity contribution in [1.29, 1.82) is 0 Å². The largest absolute Gasteiger partial charge is 0.297 e. The van der Waals surface area contributed by atoms with Gasteiger partial charge in [-0.2, -0.15) is 0 Å². The average molecular weight is 240 g/mol. The summed E-state index contributed by atoms with van der Waals surface area (Å²) in [5.74, 6) is 0. The summed E-state index contributed by atoms with van der Waals surface area (Å²) in [6, 6.07) is 0. The van der Waals surface area contributed by atoms with Crippen LogP contribution in [0.2, 0.25) is 5.15 Å². The Balaban J connectivity index is 1.89. The summed E-state index contributed by atoms with van der Waals surface area (Å²) in [7, 11) is 0. The molecule has 0 saturated carbocycles. The molecule has 0 radical (unpaired) electrons. The van der Waals surface area contributed by atoms with E-state index >= 15 is 0 Å². The number of aromatic nitrogens is 2. The second-order valence-electron chi connectivity index (χ2n) is 5.27. The third-order valence-electron chi connectivity index (χ3n) is 3.27. The Bertz CT molecular complexity index is 338. The van der Waals surface area contributed by atoms with E-state index in [9.17, 15) is 0 Å². The molecule has 1 aliphatic rings. The predicted molar refractivity (Wildman–Crippen MR) is 65.3 cm³/mol. The molecule has 0 unspecified atom stereocenters. The van der Waals surface area contributed by atoms with E-state index in [0.29, 0.717) is 10.6 Å². The van der Waals surface area contributed by atoms with E-state index < -0.39 is 0 Å². The SMILES string of the molecule is CC1(C)CCN(Cc2cnc(Cl)cn2)CC1. The minimum absolute atomic E-state index is 0.462. The van der Waals surface area contributed by atoms with E-state index in [1.54, 1.807) is 12.4 Å². The van der Waals surface area contributed by atoms with Crippen molar-refractivity contribution in [3.05, 3.63) is 23.2 Å². The summed E-state index contributed by atoms with van der Waals surface area (Å²) in [4.78, 5) is 10.8. The van der Waals surface area contributed by atoms with Gasteiger partial charge in [-0.25, -0.2) is 4.98 Å². The van der Waals surface area contributed by atoms with Crippen LogP contribution in [0.3, 0.4) is 0 Å². The molecule has 16 heavy (non-hydrogen) atoms. The molecule has 0 aliphatic carbocycles. The highest BCUT2D eigenvalue weighted by Crippen LogP contribution is 2.30. The first kappa shape index (κ1) is 11.8. The molecule has 2 rings (SSSR count). The third-order valence-corrected chi connectivity index (χ3v) is 3.46. The molecule has 0 N–H and O–H groups in total. The van der Waals surface area contributed by atoms with Gasteiger partial charge >= 0.3 is 0 Å². The lowest BCUT2D eigenvalue weighted by molar-refractivity contribution is 0.126. The van der Waals surface area contributed by atoms with Gasteiger partial charge in [0.25, 0.3) is 0 Å². The van der Waals surface area contributed by atoms with Crippen molar-refractivity contribution >= 4 is 11.6 Å². The van der Waals surface area contributed by atoms with E-state index in [0.717, 1.165) is 25.3 Å². The summed E-state index contributed by atoms with van der Waals surface area (Å²) in [5, 5.41) is 0.462. The van der Waals surface area contributed by atoms with Crippen LogP contribution in [0.4, 0.5) is 0 Å². The fraction of sp³-hybridized carbons (Fsp3) is 0.667. The Hall–Kier alpha value is -0.670. The Morgan fingerprint density at radius 1 is 1.25 bits per heavy atom. The van der Waals surface area contributed by atoms with Crippen molar-refractivity contribution in [1.82, 2.24) is 14.9 Å². The summed E-state index contributed by atoms with van der Waals surface area (Å²) in [6.45, 7) is 7.87. The molecular weight excluding hydrogens is 222 g/mol. The van der Waals surface area contributed by atoms with Crippen LogP contribution in [0.25, 0.3) is 0 Å². The van der Waals surface area contributed by atoms with Crippen LogP contribution in [0.1, 0.15) is 32.4 Å². The van der Waals surface area contributed by atoms with Gasteiger partial charge in [-0.3, -0.25) is 9.88 Å². The molecule has 88 valence electrons. The molecular formula is C12H18ClN3. The number of rotatable bonds is 2.